The number of methoxy groups -OCH3 is 1. The molecule has 1 aliphatic rings. The van der Waals surface area contributed by atoms with Crippen LogP contribution >= 0.6 is 0 Å². The molecule has 90 valence electrons. The SMILES string of the molecule is CCOCCN(CC)CC1(COC)CC1. The van der Waals surface area contributed by atoms with Crippen LogP contribution in [0.4, 0.5) is 0 Å². The van der Waals surface area contributed by atoms with Gasteiger partial charge in [-0.2, -0.15) is 0 Å². The molecule has 0 atom stereocenters. The summed E-state index contributed by atoms with van der Waals surface area (Å²) in [6.07, 6.45) is 2.65. The Bertz CT molecular complexity index is 169. The first-order valence-electron chi connectivity index (χ1n) is 6.05. The fourth-order valence-electron chi connectivity index (χ4n) is 1.99. The average Bonchev–Trinajstić information content (AvgIpc) is 2.98. The minimum atomic E-state index is 0.469. The van der Waals surface area contributed by atoms with Gasteiger partial charge in [0.2, 0.25) is 0 Å². The highest BCUT2D eigenvalue weighted by Gasteiger charge is 2.43. The van der Waals surface area contributed by atoms with E-state index >= 15 is 0 Å². The second-order valence-electron chi connectivity index (χ2n) is 4.50. The summed E-state index contributed by atoms with van der Waals surface area (Å²) >= 11 is 0. The number of rotatable bonds is 9. The lowest BCUT2D eigenvalue weighted by Gasteiger charge is -2.25. The van der Waals surface area contributed by atoms with Crippen molar-refractivity contribution in [1.82, 2.24) is 4.90 Å². The van der Waals surface area contributed by atoms with Crippen LogP contribution in [0.1, 0.15) is 26.7 Å². The highest BCUT2D eigenvalue weighted by Crippen LogP contribution is 2.46. The van der Waals surface area contributed by atoms with Crippen molar-refractivity contribution in [2.75, 3.05) is 46.6 Å². The molecule has 1 rings (SSSR count). The summed E-state index contributed by atoms with van der Waals surface area (Å²) in [4.78, 5) is 2.47. The standard InChI is InChI=1S/C12H25NO2/c1-4-13(8-9-15-5-2)10-12(6-7-12)11-14-3/h4-11H2,1-3H3. The summed E-state index contributed by atoms with van der Waals surface area (Å²) in [6, 6.07) is 0. The van der Waals surface area contributed by atoms with Crippen LogP contribution in [0.2, 0.25) is 0 Å². The van der Waals surface area contributed by atoms with Gasteiger partial charge in [-0.3, -0.25) is 0 Å². The monoisotopic (exact) mass is 215 g/mol. The fourth-order valence-corrected chi connectivity index (χ4v) is 1.99. The number of ether oxygens (including phenoxy) is 2. The van der Waals surface area contributed by atoms with E-state index in [0.29, 0.717) is 5.41 Å². The molecule has 3 heteroatoms. The average molecular weight is 215 g/mol. The summed E-state index contributed by atoms with van der Waals surface area (Å²) in [5, 5.41) is 0. The molecule has 1 saturated carbocycles. The molecule has 0 aromatic heterocycles. The van der Waals surface area contributed by atoms with E-state index in [-0.39, 0.29) is 0 Å². The van der Waals surface area contributed by atoms with Gasteiger partial charge < -0.3 is 14.4 Å². The van der Waals surface area contributed by atoms with Gasteiger partial charge in [0, 0.05) is 32.2 Å². The summed E-state index contributed by atoms with van der Waals surface area (Å²) < 4.78 is 10.7. The molecule has 0 aliphatic heterocycles. The Balaban J connectivity index is 2.20. The van der Waals surface area contributed by atoms with Crippen molar-refractivity contribution in [2.45, 2.75) is 26.7 Å². The van der Waals surface area contributed by atoms with E-state index in [1.165, 1.54) is 19.4 Å². The van der Waals surface area contributed by atoms with Gasteiger partial charge in [0.25, 0.3) is 0 Å². The molecule has 0 aromatic rings. The smallest absolute Gasteiger partial charge is 0.0593 e. The number of hydrogen-bond acceptors (Lipinski definition) is 3. The highest BCUT2D eigenvalue weighted by atomic mass is 16.5. The minimum Gasteiger partial charge on any atom is -0.384 e. The molecule has 1 fully saturated rings. The van der Waals surface area contributed by atoms with Crippen molar-refractivity contribution in [2.24, 2.45) is 5.41 Å². The van der Waals surface area contributed by atoms with Crippen molar-refractivity contribution >= 4 is 0 Å². The zero-order valence-corrected chi connectivity index (χ0v) is 10.4. The van der Waals surface area contributed by atoms with E-state index < -0.39 is 0 Å². The fraction of sp³-hybridized carbons (Fsp3) is 1.00. The van der Waals surface area contributed by atoms with E-state index in [1.54, 1.807) is 7.11 Å². The van der Waals surface area contributed by atoms with Gasteiger partial charge in [-0.05, 0) is 26.3 Å². The Morgan fingerprint density at radius 1 is 1.27 bits per heavy atom. The third kappa shape index (κ3) is 4.49. The molecule has 0 radical (unpaired) electrons. The Labute approximate surface area is 93.7 Å². The van der Waals surface area contributed by atoms with E-state index in [0.717, 1.165) is 32.9 Å². The van der Waals surface area contributed by atoms with Crippen LogP contribution in [-0.4, -0.2) is 51.5 Å². The molecule has 1 aliphatic carbocycles. The quantitative estimate of drug-likeness (QED) is 0.547. The van der Waals surface area contributed by atoms with Gasteiger partial charge in [0.15, 0.2) is 0 Å². The summed E-state index contributed by atoms with van der Waals surface area (Å²) in [7, 11) is 1.80. The summed E-state index contributed by atoms with van der Waals surface area (Å²) in [5.74, 6) is 0. The Morgan fingerprint density at radius 2 is 2.00 bits per heavy atom. The zero-order chi connectivity index (χ0) is 11.1. The van der Waals surface area contributed by atoms with Gasteiger partial charge >= 0.3 is 0 Å². The van der Waals surface area contributed by atoms with Crippen molar-refractivity contribution < 1.29 is 9.47 Å². The molecule has 0 bridgehead atoms. The normalized spacial score (nSPS) is 18.4. The van der Waals surface area contributed by atoms with Crippen LogP contribution in [0.5, 0.6) is 0 Å². The van der Waals surface area contributed by atoms with Gasteiger partial charge in [-0.15, -0.1) is 0 Å². The second kappa shape index (κ2) is 6.46. The number of likely N-dealkylation sites (N-methyl/N-ethyl adjacent to an activating group) is 1. The van der Waals surface area contributed by atoms with Crippen LogP contribution in [0.3, 0.4) is 0 Å². The zero-order valence-electron chi connectivity index (χ0n) is 10.4. The van der Waals surface area contributed by atoms with E-state index in [1.807, 2.05) is 6.92 Å². The van der Waals surface area contributed by atoms with Crippen molar-refractivity contribution in [3.8, 4) is 0 Å². The maximum atomic E-state index is 5.39. The van der Waals surface area contributed by atoms with E-state index in [2.05, 4.69) is 11.8 Å². The molecule has 0 amide bonds. The third-order valence-corrected chi connectivity index (χ3v) is 3.17. The molecule has 0 spiro atoms. The van der Waals surface area contributed by atoms with Crippen molar-refractivity contribution in [3.05, 3.63) is 0 Å². The van der Waals surface area contributed by atoms with Crippen LogP contribution in [0.15, 0.2) is 0 Å². The maximum absolute atomic E-state index is 5.39. The Morgan fingerprint density at radius 3 is 2.47 bits per heavy atom. The van der Waals surface area contributed by atoms with E-state index in [9.17, 15) is 0 Å². The first-order chi connectivity index (χ1) is 7.26. The van der Waals surface area contributed by atoms with Gasteiger partial charge in [0.05, 0.1) is 13.2 Å². The lowest BCUT2D eigenvalue weighted by molar-refractivity contribution is 0.0816. The molecule has 0 unspecified atom stereocenters. The molecule has 15 heavy (non-hydrogen) atoms. The summed E-state index contributed by atoms with van der Waals surface area (Å²) in [5.41, 5.74) is 0.469. The van der Waals surface area contributed by atoms with Gasteiger partial charge in [-0.25, -0.2) is 0 Å². The Hall–Kier alpha value is -0.120. The van der Waals surface area contributed by atoms with E-state index in [4.69, 9.17) is 9.47 Å². The highest BCUT2D eigenvalue weighted by molar-refractivity contribution is 4.95. The van der Waals surface area contributed by atoms with Crippen LogP contribution in [0, 0.1) is 5.41 Å². The van der Waals surface area contributed by atoms with Crippen molar-refractivity contribution in [1.29, 1.82) is 0 Å². The first kappa shape index (κ1) is 12.9. The molecule has 3 nitrogen and oxygen atoms in total. The minimum absolute atomic E-state index is 0.469. The van der Waals surface area contributed by atoms with Gasteiger partial charge in [0.1, 0.15) is 0 Å². The van der Waals surface area contributed by atoms with Crippen LogP contribution in [0.25, 0.3) is 0 Å². The maximum Gasteiger partial charge on any atom is 0.0593 e. The molecule has 0 N–H and O–H groups in total. The first-order valence-corrected chi connectivity index (χ1v) is 6.05. The lowest BCUT2D eigenvalue weighted by atomic mass is 10.1. The molecule has 0 heterocycles. The van der Waals surface area contributed by atoms with Crippen molar-refractivity contribution in [3.63, 3.8) is 0 Å². The number of nitrogens with zero attached hydrogens (tertiary/aromatic N) is 1. The number of hydrogen-bond donors (Lipinski definition) is 0. The Kier molecular flexibility index (Phi) is 5.58. The summed E-state index contributed by atoms with van der Waals surface area (Å²) in [6.45, 7) is 10.2. The topological polar surface area (TPSA) is 21.7 Å². The second-order valence-corrected chi connectivity index (χ2v) is 4.50. The molecular formula is C12H25NO2. The van der Waals surface area contributed by atoms with Crippen LogP contribution in [-0.2, 0) is 9.47 Å². The molecule has 0 aromatic carbocycles. The molecular weight excluding hydrogens is 190 g/mol. The largest absolute Gasteiger partial charge is 0.384 e. The predicted molar refractivity (Wildman–Crippen MR) is 62.2 cm³/mol. The third-order valence-electron chi connectivity index (χ3n) is 3.17. The lowest BCUT2D eigenvalue weighted by Crippen LogP contribution is -2.35. The molecule has 0 saturated heterocycles. The van der Waals surface area contributed by atoms with Crippen LogP contribution < -0.4 is 0 Å². The van der Waals surface area contributed by atoms with Gasteiger partial charge in [-0.1, -0.05) is 6.92 Å². The predicted octanol–water partition coefficient (Wildman–Crippen LogP) is 1.77.